The second kappa shape index (κ2) is 9.81. The zero-order valence-electron chi connectivity index (χ0n) is 18.4. The minimum atomic E-state index is -4.01. The third-order valence-electron chi connectivity index (χ3n) is 5.63. The second-order valence-electron chi connectivity index (χ2n) is 7.98. The molecule has 7 heteroatoms. The fourth-order valence-corrected chi connectivity index (χ4v) is 4.67. The van der Waals surface area contributed by atoms with Crippen molar-refractivity contribution in [2.75, 3.05) is 7.11 Å². The van der Waals surface area contributed by atoms with E-state index in [1.54, 1.807) is 19.2 Å². The Bertz CT molecular complexity index is 1280. The van der Waals surface area contributed by atoms with Gasteiger partial charge in [-0.05, 0) is 78.4 Å². The molecular formula is C26H24ClNO4S. The number of oxime groups is 1. The lowest BCUT2D eigenvalue weighted by Gasteiger charge is -2.24. The van der Waals surface area contributed by atoms with E-state index in [2.05, 4.69) is 5.16 Å². The summed E-state index contributed by atoms with van der Waals surface area (Å²) >= 11 is 6.06. The number of benzene rings is 3. The maximum absolute atomic E-state index is 12.6. The predicted molar refractivity (Wildman–Crippen MR) is 131 cm³/mol. The topological polar surface area (TPSA) is 65.0 Å². The van der Waals surface area contributed by atoms with E-state index in [9.17, 15) is 8.42 Å². The first-order valence-corrected chi connectivity index (χ1v) is 12.3. The molecule has 3 aromatic rings. The molecule has 0 bridgehead atoms. The first-order chi connectivity index (χ1) is 15.8. The van der Waals surface area contributed by atoms with E-state index in [1.807, 2.05) is 61.5 Å². The van der Waals surface area contributed by atoms with Gasteiger partial charge >= 0.3 is 10.1 Å². The molecule has 3 aromatic carbocycles. The van der Waals surface area contributed by atoms with E-state index in [0.29, 0.717) is 17.2 Å². The van der Waals surface area contributed by atoms with Gasteiger partial charge in [0.25, 0.3) is 0 Å². The highest BCUT2D eigenvalue weighted by molar-refractivity contribution is 7.86. The van der Waals surface area contributed by atoms with Gasteiger partial charge in [0, 0.05) is 11.4 Å². The maximum Gasteiger partial charge on any atom is 0.358 e. The van der Waals surface area contributed by atoms with Crippen molar-refractivity contribution in [3.63, 3.8) is 0 Å². The number of allylic oxidation sites excluding steroid dienone is 2. The molecule has 0 saturated heterocycles. The molecule has 170 valence electrons. The molecule has 1 aliphatic carbocycles. The van der Waals surface area contributed by atoms with Crippen LogP contribution in [0.15, 0.2) is 88.9 Å². The quantitative estimate of drug-likeness (QED) is 0.383. The van der Waals surface area contributed by atoms with Gasteiger partial charge in [0.1, 0.15) is 10.6 Å². The van der Waals surface area contributed by atoms with Crippen molar-refractivity contribution in [2.24, 2.45) is 5.16 Å². The van der Waals surface area contributed by atoms with E-state index in [1.165, 1.54) is 12.1 Å². The molecule has 1 atom stereocenters. The summed E-state index contributed by atoms with van der Waals surface area (Å²) in [5.74, 6) is 0.889. The molecular weight excluding hydrogens is 458 g/mol. The summed E-state index contributed by atoms with van der Waals surface area (Å²) in [6.07, 6.45) is 3.22. The van der Waals surface area contributed by atoms with E-state index in [4.69, 9.17) is 20.6 Å². The van der Waals surface area contributed by atoms with Crippen LogP contribution < -0.4 is 4.74 Å². The number of nitrogens with zero attached hydrogens (tertiary/aromatic N) is 1. The van der Waals surface area contributed by atoms with Gasteiger partial charge in [-0.25, -0.2) is 0 Å². The Morgan fingerprint density at radius 2 is 1.58 bits per heavy atom. The highest BCUT2D eigenvalue weighted by Gasteiger charge is 2.24. The van der Waals surface area contributed by atoms with Crippen LogP contribution in [0.5, 0.6) is 5.75 Å². The SMILES string of the molecule is COc1ccc(C2CC(c3ccc(Cl)cc3)=C/C(=N/OS(=O)(=O)c3ccc(C)cc3)C2)cc1. The zero-order chi connectivity index (χ0) is 23.4. The van der Waals surface area contributed by atoms with Crippen LogP contribution in [0.25, 0.3) is 5.57 Å². The zero-order valence-corrected chi connectivity index (χ0v) is 19.9. The highest BCUT2D eigenvalue weighted by Crippen LogP contribution is 2.37. The van der Waals surface area contributed by atoms with Crippen LogP contribution in [0.3, 0.4) is 0 Å². The minimum Gasteiger partial charge on any atom is -0.497 e. The summed E-state index contributed by atoms with van der Waals surface area (Å²) in [6.45, 7) is 1.89. The molecule has 0 fully saturated rings. The molecule has 0 N–H and O–H groups in total. The Hall–Kier alpha value is -3.09. The van der Waals surface area contributed by atoms with Gasteiger partial charge in [-0.3, -0.25) is 4.28 Å². The average molecular weight is 482 g/mol. The minimum absolute atomic E-state index is 0.0712. The van der Waals surface area contributed by atoms with Crippen LogP contribution in [0.2, 0.25) is 5.02 Å². The highest BCUT2D eigenvalue weighted by atomic mass is 35.5. The van der Waals surface area contributed by atoms with E-state index in [-0.39, 0.29) is 10.8 Å². The smallest absolute Gasteiger partial charge is 0.358 e. The van der Waals surface area contributed by atoms with Gasteiger partial charge in [0.05, 0.1) is 12.8 Å². The predicted octanol–water partition coefficient (Wildman–Crippen LogP) is 6.38. The summed E-state index contributed by atoms with van der Waals surface area (Å²) in [4.78, 5) is 0.0712. The van der Waals surface area contributed by atoms with Crippen LogP contribution in [-0.4, -0.2) is 21.2 Å². The van der Waals surface area contributed by atoms with Crippen LogP contribution >= 0.6 is 11.6 Å². The van der Waals surface area contributed by atoms with Gasteiger partial charge in [-0.1, -0.05) is 58.7 Å². The second-order valence-corrected chi connectivity index (χ2v) is 9.94. The van der Waals surface area contributed by atoms with Crippen molar-refractivity contribution in [3.05, 3.63) is 101 Å². The first kappa shape index (κ1) is 23.1. The molecule has 33 heavy (non-hydrogen) atoms. The molecule has 1 aliphatic rings. The van der Waals surface area contributed by atoms with Gasteiger partial charge in [-0.15, -0.1) is 0 Å². The third kappa shape index (κ3) is 5.64. The van der Waals surface area contributed by atoms with Crippen LogP contribution in [0.1, 0.15) is 35.4 Å². The molecule has 0 heterocycles. The normalized spacial score (nSPS) is 17.5. The van der Waals surface area contributed by atoms with Gasteiger partial charge in [0.2, 0.25) is 0 Å². The van der Waals surface area contributed by atoms with E-state index >= 15 is 0 Å². The standard InChI is InChI=1S/C26H24ClNO4S/c1-18-3-13-26(14-4-18)33(29,30)32-28-24-16-21(19-5-9-23(27)10-6-19)15-22(17-24)20-7-11-25(31-2)12-8-20/h3-14,16,22H,15,17H2,1-2H3/b28-24-. The van der Waals surface area contributed by atoms with Gasteiger partial charge in [-0.2, -0.15) is 8.42 Å². The van der Waals surface area contributed by atoms with Crippen LogP contribution in [-0.2, 0) is 14.4 Å². The lowest BCUT2D eigenvalue weighted by molar-refractivity contribution is 0.337. The number of hydrogen-bond donors (Lipinski definition) is 0. The summed E-state index contributed by atoms with van der Waals surface area (Å²) in [6, 6.07) is 21.9. The van der Waals surface area contributed by atoms with Crippen LogP contribution in [0, 0.1) is 6.92 Å². The summed E-state index contributed by atoms with van der Waals surface area (Å²) in [5, 5.41) is 4.71. The first-order valence-electron chi connectivity index (χ1n) is 10.5. The van der Waals surface area contributed by atoms with Crippen molar-refractivity contribution in [3.8, 4) is 5.75 Å². The fraction of sp³-hybridized carbons (Fsp3) is 0.192. The fourth-order valence-electron chi connectivity index (χ4n) is 3.79. The lowest BCUT2D eigenvalue weighted by atomic mass is 9.81. The third-order valence-corrected chi connectivity index (χ3v) is 7.00. The Labute approximate surface area is 199 Å². The Morgan fingerprint density at radius 3 is 2.21 bits per heavy atom. The number of halogens is 1. The maximum atomic E-state index is 12.6. The molecule has 0 radical (unpaired) electrons. The summed E-state index contributed by atoms with van der Waals surface area (Å²) in [7, 11) is -2.37. The number of methoxy groups -OCH3 is 1. The van der Waals surface area contributed by atoms with E-state index < -0.39 is 10.1 Å². The van der Waals surface area contributed by atoms with Crippen LogP contribution in [0.4, 0.5) is 0 Å². The van der Waals surface area contributed by atoms with Crippen molar-refractivity contribution in [2.45, 2.75) is 30.6 Å². The molecule has 0 spiro atoms. The molecule has 5 nitrogen and oxygen atoms in total. The van der Waals surface area contributed by atoms with Gasteiger partial charge < -0.3 is 4.74 Å². The Morgan fingerprint density at radius 1 is 0.909 bits per heavy atom. The molecule has 0 saturated carbocycles. The Balaban J connectivity index is 1.65. The van der Waals surface area contributed by atoms with Crippen molar-refractivity contribution in [1.82, 2.24) is 0 Å². The number of aryl methyl sites for hydroxylation is 1. The van der Waals surface area contributed by atoms with E-state index in [0.717, 1.165) is 34.4 Å². The largest absolute Gasteiger partial charge is 0.497 e. The summed E-state index contributed by atoms with van der Waals surface area (Å²) < 4.78 is 35.6. The number of ether oxygens (including phenoxy) is 1. The summed E-state index contributed by atoms with van der Waals surface area (Å²) in [5.41, 5.74) is 4.68. The Kier molecular flexibility index (Phi) is 6.86. The average Bonchev–Trinajstić information content (AvgIpc) is 2.83. The van der Waals surface area contributed by atoms with Crippen molar-refractivity contribution >= 4 is 33.0 Å². The molecule has 4 rings (SSSR count). The molecule has 0 amide bonds. The lowest BCUT2D eigenvalue weighted by Crippen LogP contribution is -2.14. The molecule has 0 aliphatic heterocycles. The molecule has 1 unspecified atom stereocenters. The van der Waals surface area contributed by atoms with Crippen molar-refractivity contribution < 1.29 is 17.4 Å². The molecule has 0 aromatic heterocycles. The van der Waals surface area contributed by atoms with Gasteiger partial charge in [0.15, 0.2) is 0 Å². The number of hydrogen-bond acceptors (Lipinski definition) is 5. The van der Waals surface area contributed by atoms with Crippen molar-refractivity contribution in [1.29, 1.82) is 0 Å². The number of rotatable bonds is 6. The monoisotopic (exact) mass is 481 g/mol.